The monoisotopic (exact) mass is 443 g/mol. The highest BCUT2D eigenvalue weighted by Gasteiger charge is 2.10. The van der Waals surface area contributed by atoms with Crippen LogP contribution in [0.3, 0.4) is 0 Å². The Kier molecular flexibility index (Phi) is 5.98. The molecule has 4 aromatic rings. The van der Waals surface area contributed by atoms with E-state index in [1.54, 1.807) is 6.07 Å². The fourth-order valence-electron chi connectivity index (χ4n) is 2.59. The van der Waals surface area contributed by atoms with Gasteiger partial charge in [0.25, 0.3) is 0 Å². The summed E-state index contributed by atoms with van der Waals surface area (Å²) < 4.78 is 28.9. The summed E-state index contributed by atoms with van der Waals surface area (Å²) >= 11 is 1.42. The molecule has 0 aliphatic rings. The van der Waals surface area contributed by atoms with Crippen LogP contribution in [0.4, 0.5) is 14.5 Å². The number of thiazole rings is 1. The molecule has 1 aromatic heterocycles. The van der Waals surface area contributed by atoms with Gasteiger partial charge in [0.2, 0.25) is 0 Å². The molecule has 0 fully saturated rings. The number of halogens is 3. The molecular formula is C21H14BrF2N2S-. The third-order valence-corrected chi connectivity index (χ3v) is 4.90. The highest BCUT2D eigenvalue weighted by atomic mass is 79.9. The number of hydrogen-bond acceptors (Lipinski definition) is 2. The van der Waals surface area contributed by atoms with Crippen molar-refractivity contribution < 1.29 is 25.8 Å². The third kappa shape index (κ3) is 4.23. The molecule has 136 valence electrons. The standard InChI is InChI=1S/C21H14F2N2S.BrH/c22-18-12-11-15(13-19(18)23)20-14-25(17-9-5-2-6-10-17)21(26-20)24-16-7-3-1-4-8-16;/h1-14H;1H/p-1. The summed E-state index contributed by atoms with van der Waals surface area (Å²) in [5.74, 6) is -1.71. The van der Waals surface area contributed by atoms with E-state index in [0.29, 0.717) is 5.56 Å². The van der Waals surface area contributed by atoms with Gasteiger partial charge >= 0.3 is 0 Å². The minimum atomic E-state index is -0.858. The average molecular weight is 444 g/mol. The summed E-state index contributed by atoms with van der Waals surface area (Å²) in [5, 5.41) is 0. The lowest BCUT2D eigenvalue weighted by Gasteiger charge is -2.02. The molecule has 27 heavy (non-hydrogen) atoms. The van der Waals surface area contributed by atoms with Gasteiger partial charge in [-0.05, 0) is 42.0 Å². The Morgan fingerprint density at radius 3 is 2.11 bits per heavy atom. The van der Waals surface area contributed by atoms with E-state index in [-0.39, 0.29) is 17.0 Å². The van der Waals surface area contributed by atoms with E-state index < -0.39 is 11.6 Å². The van der Waals surface area contributed by atoms with E-state index in [1.807, 2.05) is 71.4 Å². The van der Waals surface area contributed by atoms with Gasteiger partial charge in [-0.2, -0.15) is 0 Å². The van der Waals surface area contributed by atoms with Gasteiger partial charge < -0.3 is 17.0 Å². The first-order chi connectivity index (χ1) is 12.7. The Labute approximate surface area is 169 Å². The molecule has 0 radical (unpaired) electrons. The third-order valence-electron chi connectivity index (χ3n) is 3.87. The molecule has 2 nitrogen and oxygen atoms in total. The number of benzene rings is 3. The maximum absolute atomic E-state index is 13.6. The van der Waals surface area contributed by atoms with Crippen molar-refractivity contribution in [3.63, 3.8) is 0 Å². The molecule has 0 bridgehead atoms. The normalized spacial score (nSPS) is 11.3. The van der Waals surface area contributed by atoms with Crippen LogP contribution in [0, 0.1) is 11.6 Å². The lowest BCUT2D eigenvalue weighted by molar-refractivity contribution is -0.00000612. The van der Waals surface area contributed by atoms with Crippen molar-refractivity contribution in [3.8, 4) is 16.1 Å². The summed E-state index contributed by atoms with van der Waals surface area (Å²) in [7, 11) is 0. The first-order valence-electron chi connectivity index (χ1n) is 8.04. The van der Waals surface area contributed by atoms with Crippen LogP contribution in [0.2, 0.25) is 0 Å². The van der Waals surface area contributed by atoms with Crippen LogP contribution < -0.4 is 21.8 Å². The maximum Gasteiger partial charge on any atom is 0.195 e. The zero-order chi connectivity index (χ0) is 17.9. The SMILES string of the molecule is Fc1ccc(-c2cn(-c3ccccc3)c(=Nc3ccccc3)s2)cc1F.[Br-]. The topological polar surface area (TPSA) is 17.3 Å². The molecule has 0 amide bonds. The van der Waals surface area contributed by atoms with Crippen molar-refractivity contribution in [1.29, 1.82) is 0 Å². The van der Waals surface area contributed by atoms with Gasteiger partial charge in [0.15, 0.2) is 16.4 Å². The van der Waals surface area contributed by atoms with Crippen LogP contribution in [0.25, 0.3) is 16.1 Å². The maximum atomic E-state index is 13.6. The zero-order valence-electron chi connectivity index (χ0n) is 14.0. The smallest absolute Gasteiger partial charge is 0.195 e. The summed E-state index contributed by atoms with van der Waals surface area (Å²) in [6.07, 6.45) is 1.90. The average Bonchev–Trinajstić information content (AvgIpc) is 3.09. The van der Waals surface area contributed by atoms with E-state index in [1.165, 1.54) is 17.4 Å². The molecule has 3 aromatic carbocycles. The van der Waals surface area contributed by atoms with E-state index in [0.717, 1.165) is 27.1 Å². The highest BCUT2D eigenvalue weighted by Crippen LogP contribution is 2.25. The minimum Gasteiger partial charge on any atom is -1.00 e. The second-order valence-corrected chi connectivity index (χ2v) is 6.67. The fraction of sp³-hybridized carbons (Fsp3) is 0. The number of para-hydroxylation sites is 2. The molecular weight excluding hydrogens is 430 g/mol. The number of aromatic nitrogens is 1. The van der Waals surface area contributed by atoms with Crippen molar-refractivity contribution in [2.45, 2.75) is 0 Å². The van der Waals surface area contributed by atoms with E-state index in [9.17, 15) is 8.78 Å². The summed E-state index contributed by atoms with van der Waals surface area (Å²) in [6, 6.07) is 23.4. The van der Waals surface area contributed by atoms with Crippen LogP contribution in [-0.2, 0) is 0 Å². The van der Waals surface area contributed by atoms with E-state index in [4.69, 9.17) is 4.99 Å². The minimum absolute atomic E-state index is 0. The van der Waals surface area contributed by atoms with Gasteiger partial charge in [-0.1, -0.05) is 53.8 Å². The number of rotatable bonds is 3. The lowest BCUT2D eigenvalue weighted by Crippen LogP contribution is -3.00. The summed E-state index contributed by atoms with van der Waals surface area (Å²) in [5.41, 5.74) is 2.40. The van der Waals surface area contributed by atoms with Gasteiger partial charge in [0, 0.05) is 11.9 Å². The van der Waals surface area contributed by atoms with Crippen molar-refractivity contribution in [2.75, 3.05) is 0 Å². The molecule has 1 heterocycles. The van der Waals surface area contributed by atoms with Gasteiger partial charge in [0.1, 0.15) is 0 Å². The number of hydrogen-bond donors (Lipinski definition) is 0. The Morgan fingerprint density at radius 2 is 1.44 bits per heavy atom. The van der Waals surface area contributed by atoms with Crippen LogP contribution in [0.1, 0.15) is 0 Å². The molecule has 0 saturated carbocycles. The highest BCUT2D eigenvalue weighted by molar-refractivity contribution is 7.12. The van der Waals surface area contributed by atoms with Crippen LogP contribution >= 0.6 is 11.3 Å². The van der Waals surface area contributed by atoms with Gasteiger partial charge in [-0.3, -0.25) is 4.57 Å². The summed E-state index contributed by atoms with van der Waals surface area (Å²) in [6.45, 7) is 0. The molecule has 0 N–H and O–H groups in total. The van der Waals surface area contributed by atoms with Gasteiger partial charge in [0.05, 0.1) is 10.6 Å². The lowest BCUT2D eigenvalue weighted by atomic mass is 10.2. The van der Waals surface area contributed by atoms with Crippen molar-refractivity contribution in [2.24, 2.45) is 4.99 Å². The quantitative estimate of drug-likeness (QED) is 0.463. The predicted octanol–water partition coefficient (Wildman–Crippen LogP) is 2.72. The molecule has 0 atom stereocenters. The van der Waals surface area contributed by atoms with Crippen LogP contribution in [0.15, 0.2) is 90.1 Å². The van der Waals surface area contributed by atoms with Crippen LogP contribution in [0.5, 0.6) is 0 Å². The van der Waals surface area contributed by atoms with Crippen molar-refractivity contribution >= 4 is 17.0 Å². The molecule has 0 aliphatic carbocycles. The molecule has 0 unspecified atom stereocenters. The molecule has 0 aliphatic heterocycles. The molecule has 4 rings (SSSR count). The molecule has 0 saturated heterocycles. The van der Waals surface area contributed by atoms with Crippen molar-refractivity contribution in [3.05, 3.63) is 101 Å². The largest absolute Gasteiger partial charge is 1.00 e. The summed E-state index contributed by atoms with van der Waals surface area (Å²) in [4.78, 5) is 6.28. The Balaban J connectivity index is 0.00000210. The van der Waals surface area contributed by atoms with Gasteiger partial charge in [-0.25, -0.2) is 13.8 Å². The van der Waals surface area contributed by atoms with Crippen LogP contribution in [-0.4, -0.2) is 4.57 Å². The van der Waals surface area contributed by atoms with Gasteiger partial charge in [-0.15, -0.1) is 0 Å². The molecule has 0 spiro atoms. The molecule has 6 heteroatoms. The Morgan fingerprint density at radius 1 is 0.778 bits per heavy atom. The Bertz CT molecular complexity index is 1110. The van der Waals surface area contributed by atoms with E-state index >= 15 is 0 Å². The Hall–Kier alpha value is -2.57. The first kappa shape index (κ1) is 19.2. The second kappa shape index (κ2) is 8.41. The zero-order valence-corrected chi connectivity index (χ0v) is 16.4. The number of nitrogens with zero attached hydrogens (tertiary/aromatic N) is 2. The first-order valence-corrected chi connectivity index (χ1v) is 8.85. The van der Waals surface area contributed by atoms with E-state index in [2.05, 4.69) is 0 Å². The fourth-order valence-corrected chi connectivity index (χ4v) is 3.60. The predicted molar refractivity (Wildman–Crippen MR) is 101 cm³/mol. The van der Waals surface area contributed by atoms with Crippen molar-refractivity contribution in [1.82, 2.24) is 4.57 Å². The second-order valence-electron chi connectivity index (χ2n) is 5.66.